The second-order valence-electron chi connectivity index (χ2n) is 4.82. The summed E-state index contributed by atoms with van der Waals surface area (Å²) in [6.07, 6.45) is 2.48. The maximum atomic E-state index is 11.5. The minimum Gasteiger partial charge on any atom is -0.480 e. The van der Waals surface area contributed by atoms with Gasteiger partial charge < -0.3 is 10.0 Å². The summed E-state index contributed by atoms with van der Waals surface area (Å²) in [5.41, 5.74) is 0.349. The number of benzene rings is 1. The molecule has 0 bridgehead atoms. The first-order valence-electron chi connectivity index (χ1n) is 6.10. The van der Waals surface area contributed by atoms with Gasteiger partial charge in [0, 0.05) is 6.54 Å². The second-order valence-corrected chi connectivity index (χ2v) is 4.82. The molecule has 4 heteroatoms. The fourth-order valence-electron chi connectivity index (χ4n) is 2.53. The quantitative estimate of drug-likeness (QED) is 0.867. The number of hydrogen-bond donors (Lipinski definition) is 1. The van der Waals surface area contributed by atoms with E-state index in [9.17, 15) is 9.90 Å². The Morgan fingerprint density at radius 3 is 2.83 bits per heavy atom. The molecule has 0 aromatic heterocycles. The molecule has 0 spiro atoms. The smallest absolute Gasteiger partial charge is 0.329 e. The first kappa shape index (κ1) is 12.4. The summed E-state index contributed by atoms with van der Waals surface area (Å²) in [5.74, 6) is -0.824. The molecule has 1 aliphatic heterocycles. The molecule has 1 aromatic carbocycles. The van der Waals surface area contributed by atoms with Crippen LogP contribution in [-0.2, 0) is 4.79 Å². The highest BCUT2D eigenvalue weighted by Crippen LogP contribution is 2.34. The summed E-state index contributed by atoms with van der Waals surface area (Å²) < 4.78 is 0. The number of carboxylic acids is 1. The number of piperidine rings is 1. The van der Waals surface area contributed by atoms with Crippen LogP contribution in [0.3, 0.4) is 0 Å². The van der Waals surface area contributed by atoms with Crippen LogP contribution in [0.2, 0.25) is 0 Å². The number of aliphatic carboxylic acids is 1. The van der Waals surface area contributed by atoms with Crippen molar-refractivity contribution in [3.05, 3.63) is 29.8 Å². The van der Waals surface area contributed by atoms with Gasteiger partial charge in [-0.15, -0.1) is 0 Å². The van der Waals surface area contributed by atoms with Crippen LogP contribution in [0, 0.1) is 11.3 Å². The van der Waals surface area contributed by atoms with Gasteiger partial charge in [0.05, 0.1) is 11.3 Å². The van der Waals surface area contributed by atoms with E-state index in [0.29, 0.717) is 18.5 Å². The fourth-order valence-corrected chi connectivity index (χ4v) is 2.53. The van der Waals surface area contributed by atoms with Gasteiger partial charge in [0.2, 0.25) is 0 Å². The van der Waals surface area contributed by atoms with Crippen LogP contribution in [0.15, 0.2) is 24.3 Å². The number of anilines is 1. The predicted molar refractivity (Wildman–Crippen MR) is 68.4 cm³/mol. The van der Waals surface area contributed by atoms with Crippen LogP contribution in [0.5, 0.6) is 0 Å². The van der Waals surface area contributed by atoms with E-state index in [4.69, 9.17) is 5.26 Å². The molecule has 0 aliphatic carbocycles. The maximum absolute atomic E-state index is 11.5. The van der Waals surface area contributed by atoms with Crippen molar-refractivity contribution in [1.82, 2.24) is 0 Å². The summed E-state index contributed by atoms with van der Waals surface area (Å²) in [7, 11) is 0. The summed E-state index contributed by atoms with van der Waals surface area (Å²) >= 11 is 0. The number of carboxylic acid groups (broad SMARTS) is 1. The molecule has 0 saturated carbocycles. The van der Waals surface area contributed by atoms with Crippen molar-refractivity contribution in [3.8, 4) is 6.07 Å². The van der Waals surface area contributed by atoms with Gasteiger partial charge >= 0.3 is 5.97 Å². The number of nitriles is 1. The number of nitrogens with zero attached hydrogens (tertiary/aromatic N) is 2. The van der Waals surface area contributed by atoms with Gasteiger partial charge in [0.15, 0.2) is 0 Å². The molecule has 0 amide bonds. The van der Waals surface area contributed by atoms with E-state index in [1.54, 1.807) is 19.1 Å². The van der Waals surface area contributed by atoms with Crippen molar-refractivity contribution in [3.63, 3.8) is 0 Å². The van der Waals surface area contributed by atoms with E-state index >= 15 is 0 Å². The monoisotopic (exact) mass is 244 g/mol. The van der Waals surface area contributed by atoms with Crippen LogP contribution in [0.25, 0.3) is 0 Å². The minimum atomic E-state index is -0.912. The lowest BCUT2D eigenvalue weighted by atomic mass is 9.87. The molecule has 18 heavy (non-hydrogen) atoms. The Morgan fingerprint density at radius 1 is 1.44 bits per heavy atom. The zero-order valence-corrected chi connectivity index (χ0v) is 10.4. The largest absolute Gasteiger partial charge is 0.480 e. The van der Waals surface area contributed by atoms with Crippen LogP contribution in [-0.4, -0.2) is 23.2 Å². The van der Waals surface area contributed by atoms with Crippen LogP contribution >= 0.6 is 0 Å². The van der Waals surface area contributed by atoms with Gasteiger partial charge in [-0.2, -0.15) is 5.26 Å². The number of hydrogen-bond acceptors (Lipinski definition) is 3. The minimum absolute atomic E-state index is 0.534. The Bertz CT molecular complexity index is 507. The van der Waals surface area contributed by atoms with Crippen molar-refractivity contribution in [1.29, 1.82) is 5.26 Å². The molecule has 1 unspecified atom stereocenters. The van der Waals surface area contributed by atoms with Gasteiger partial charge in [-0.1, -0.05) is 12.1 Å². The third kappa shape index (κ3) is 1.92. The Hall–Kier alpha value is -2.02. The number of carbonyl (C=O) groups is 1. The van der Waals surface area contributed by atoms with Gasteiger partial charge in [0.1, 0.15) is 11.6 Å². The molecule has 0 radical (unpaired) electrons. The standard InChI is InChI=1S/C14H16N2O2/c1-14(13(17)18)8-4-5-9-16(14)12-7-3-2-6-11(12)10-15/h2-3,6-7H,4-5,8-9H2,1H3,(H,17,18). The lowest BCUT2D eigenvalue weighted by Crippen LogP contribution is -2.55. The fraction of sp³-hybridized carbons (Fsp3) is 0.429. The van der Waals surface area contributed by atoms with Crippen molar-refractivity contribution in [2.75, 3.05) is 11.4 Å². The van der Waals surface area contributed by atoms with Crippen molar-refractivity contribution >= 4 is 11.7 Å². The second kappa shape index (κ2) is 4.69. The molecule has 4 nitrogen and oxygen atoms in total. The van der Waals surface area contributed by atoms with Crippen LogP contribution in [0.4, 0.5) is 5.69 Å². The van der Waals surface area contributed by atoms with E-state index in [2.05, 4.69) is 6.07 Å². The number of para-hydroxylation sites is 1. The zero-order chi connectivity index (χ0) is 13.2. The molecule has 2 rings (SSSR count). The molecule has 1 N–H and O–H groups in total. The molecule has 1 aromatic rings. The highest BCUT2D eigenvalue weighted by Gasteiger charge is 2.42. The lowest BCUT2D eigenvalue weighted by Gasteiger charge is -2.43. The van der Waals surface area contributed by atoms with Gasteiger partial charge in [-0.05, 0) is 38.3 Å². The molecular formula is C14H16N2O2. The SMILES string of the molecule is CC1(C(=O)O)CCCCN1c1ccccc1C#N. The Labute approximate surface area is 106 Å². The van der Waals surface area contributed by atoms with Crippen LogP contribution < -0.4 is 4.90 Å². The molecule has 1 aliphatic rings. The summed E-state index contributed by atoms with van der Waals surface area (Å²) in [5, 5.41) is 18.6. The highest BCUT2D eigenvalue weighted by molar-refractivity contribution is 5.84. The average Bonchev–Trinajstić information content (AvgIpc) is 2.39. The lowest BCUT2D eigenvalue weighted by molar-refractivity contribution is -0.143. The average molecular weight is 244 g/mol. The van der Waals surface area contributed by atoms with E-state index < -0.39 is 11.5 Å². The summed E-state index contributed by atoms with van der Waals surface area (Å²) in [6.45, 7) is 2.42. The molecule has 1 fully saturated rings. The molecule has 94 valence electrons. The van der Waals surface area contributed by atoms with E-state index in [1.165, 1.54) is 0 Å². The molecule has 1 heterocycles. The Morgan fingerprint density at radius 2 is 2.17 bits per heavy atom. The van der Waals surface area contributed by atoms with Gasteiger partial charge in [-0.3, -0.25) is 0 Å². The van der Waals surface area contributed by atoms with Crippen molar-refractivity contribution in [2.45, 2.75) is 31.7 Å². The summed E-state index contributed by atoms with van der Waals surface area (Å²) in [4.78, 5) is 13.4. The Balaban J connectivity index is 2.47. The molecule has 1 atom stereocenters. The third-order valence-electron chi connectivity index (χ3n) is 3.67. The van der Waals surface area contributed by atoms with Crippen molar-refractivity contribution in [2.24, 2.45) is 0 Å². The topological polar surface area (TPSA) is 64.3 Å². The van der Waals surface area contributed by atoms with Crippen LogP contribution in [0.1, 0.15) is 31.7 Å². The predicted octanol–water partition coefficient (Wildman–Crippen LogP) is 2.39. The first-order chi connectivity index (χ1) is 8.59. The van der Waals surface area contributed by atoms with E-state index in [-0.39, 0.29) is 0 Å². The van der Waals surface area contributed by atoms with E-state index in [0.717, 1.165) is 18.5 Å². The number of rotatable bonds is 2. The van der Waals surface area contributed by atoms with Gasteiger partial charge in [-0.25, -0.2) is 4.79 Å². The Kier molecular flexibility index (Phi) is 3.24. The highest BCUT2D eigenvalue weighted by atomic mass is 16.4. The van der Waals surface area contributed by atoms with Crippen molar-refractivity contribution < 1.29 is 9.90 Å². The maximum Gasteiger partial charge on any atom is 0.329 e. The molecule has 1 saturated heterocycles. The third-order valence-corrected chi connectivity index (χ3v) is 3.67. The first-order valence-corrected chi connectivity index (χ1v) is 6.10. The zero-order valence-electron chi connectivity index (χ0n) is 10.4. The van der Waals surface area contributed by atoms with Gasteiger partial charge in [0.25, 0.3) is 0 Å². The summed E-state index contributed by atoms with van der Waals surface area (Å²) in [6, 6.07) is 9.32. The molecular weight excluding hydrogens is 228 g/mol. The normalized spacial score (nSPS) is 23.4. The van der Waals surface area contributed by atoms with E-state index in [1.807, 2.05) is 17.0 Å².